The number of pyridine rings is 1. The van der Waals surface area contributed by atoms with Crippen LogP contribution in [-0.4, -0.2) is 17.0 Å². The van der Waals surface area contributed by atoms with Crippen molar-refractivity contribution in [3.8, 4) is 5.75 Å². The smallest absolute Gasteiger partial charge is 0.270 e. The van der Waals surface area contributed by atoms with Crippen LogP contribution < -0.4 is 10.1 Å². The molecular formula is C18H17N3O3. The molecule has 0 radical (unpaired) electrons. The normalized spacial score (nSPS) is 10.6. The average molecular weight is 323 g/mol. The molecule has 1 heterocycles. The lowest BCUT2D eigenvalue weighted by Gasteiger charge is -2.11. The first-order valence-electron chi connectivity index (χ1n) is 7.49. The van der Waals surface area contributed by atoms with Crippen molar-refractivity contribution in [1.82, 2.24) is 4.98 Å². The molecule has 6 heteroatoms. The van der Waals surface area contributed by atoms with Crippen molar-refractivity contribution in [3.05, 3.63) is 69.9 Å². The zero-order valence-electron chi connectivity index (χ0n) is 13.4. The average Bonchev–Trinajstić information content (AvgIpc) is 2.59. The summed E-state index contributed by atoms with van der Waals surface area (Å²) in [5.74, 6) is 0.792. The standard InChI is InChI=1S/C18H17N3O3/c1-12-8-18(19-11-13-4-3-5-15(9-13)24-2)16-10-14(21(22)23)6-7-17(16)20-12/h3-10H,11H2,1-2H3,(H,19,20). The molecule has 1 N–H and O–H groups in total. The molecule has 0 aliphatic rings. The number of ether oxygens (including phenoxy) is 1. The van der Waals surface area contributed by atoms with Crippen LogP contribution in [0.4, 0.5) is 11.4 Å². The molecule has 0 atom stereocenters. The summed E-state index contributed by atoms with van der Waals surface area (Å²) in [4.78, 5) is 15.1. The molecule has 1 aromatic heterocycles. The number of hydrogen-bond donors (Lipinski definition) is 1. The Morgan fingerprint density at radius 1 is 1.21 bits per heavy atom. The second-order valence-electron chi connectivity index (χ2n) is 5.47. The molecule has 0 amide bonds. The van der Waals surface area contributed by atoms with Crippen LogP contribution in [0.25, 0.3) is 10.9 Å². The fourth-order valence-corrected chi connectivity index (χ4v) is 2.59. The number of nitrogens with one attached hydrogen (secondary N) is 1. The van der Waals surface area contributed by atoms with Gasteiger partial charge in [-0.2, -0.15) is 0 Å². The van der Waals surface area contributed by atoms with Crippen LogP contribution in [0, 0.1) is 17.0 Å². The fourth-order valence-electron chi connectivity index (χ4n) is 2.59. The van der Waals surface area contributed by atoms with Crippen molar-refractivity contribution in [2.75, 3.05) is 12.4 Å². The van der Waals surface area contributed by atoms with Gasteiger partial charge in [0.05, 0.1) is 17.5 Å². The number of nitro groups is 1. The fraction of sp³-hybridized carbons (Fsp3) is 0.167. The molecule has 0 saturated heterocycles. The van der Waals surface area contributed by atoms with Gasteiger partial charge in [-0.25, -0.2) is 0 Å². The summed E-state index contributed by atoms with van der Waals surface area (Å²) in [6.07, 6.45) is 0. The predicted octanol–water partition coefficient (Wildman–Crippen LogP) is 4.07. The number of nitro benzene ring substituents is 1. The topological polar surface area (TPSA) is 77.3 Å². The van der Waals surface area contributed by atoms with E-state index in [1.54, 1.807) is 19.2 Å². The largest absolute Gasteiger partial charge is 0.497 e. The first-order valence-corrected chi connectivity index (χ1v) is 7.49. The molecule has 24 heavy (non-hydrogen) atoms. The molecule has 0 bridgehead atoms. The number of benzene rings is 2. The highest BCUT2D eigenvalue weighted by Crippen LogP contribution is 2.27. The van der Waals surface area contributed by atoms with Crippen LogP contribution >= 0.6 is 0 Å². The van der Waals surface area contributed by atoms with E-state index in [1.807, 2.05) is 37.3 Å². The van der Waals surface area contributed by atoms with Crippen LogP contribution in [0.2, 0.25) is 0 Å². The molecule has 3 aromatic rings. The second-order valence-corrected chi connectivity index (χ2v) is 5.47. The van der Waals surface area contributed by atoms with Gasteiger partial charge < -0.3 is 10.1 Å². The van der Waals surface area contributed by atoms with Crippen LogP contribution in [0.3, 0.4) is 0 Å². The Bertz CT molecular complexity index is 909. The maximum atomic E-state index is 11.0. The van der Waals surface area contributed by atoms with Gasteiger partial charge in [-0.1, -0.05) is 12.1 Å². The summed E-state index contributed by atoms with van der Waals surface area (Å²) in [5.41, 5.74) is 3.52. The summed E-state index contributed by atoms with van der Waals surface area (Å²) in [7, 11) is 1.63. The highest BCUT2D eigenvalue weighted by Gasteiger charge is 2.11. The number of hydrogen-bond acceptors (Lipinski definition) is 5. The number of nitrogens with zero attached hydrogens (tertiary/aromatic N) is 2. The molecule has 3 rings (SSSR count). The van der Waals surface area contributed by atoms with Crippen molar-refractivity contribution < 1.29 is 9.66 Å². The van der Waals surface area contributed by atoms with Crippen molar-refractivity contribution >= 4 is 22.3 Å². The van der Waals surface area contributed by atoms with Gasteiger partial charge in [-0.05, 0) is 36.8 Å². The summed E-state index contributed by atoms with van der Waals surface area (Å²) < 4.78 is 5.23. The van der Waals surface area contributed by atoms with Gasteiger partial charge in [0.15, 0.2) is 0 Å². The molecule has 0 fully saturated rings. The van der Waals surface area contributed by atoms with Crippen molar-refractivity contribution in [2.24, 2.45) is 0 Å². The lowest BCUT2D eigenvalue weighted by atomic mass is 10.1. The monoisotopic (exact) mass is 323 g/mol. The zero-order valence-corrected chi connectivity index (χ0v) is 13.4. The van der Waals surface area contributed by atoms with Crippen LogP contribution in [0.5, 0.6) is 5.75 Å². The third-order valence-electron chi connectivity index (χ3n) is 3.75. The summed E-state index contributed by atoms with van der Waals surface area (Å²) in [6, 6.07) is 14.4. The molecular weight excluding hydrogens is 306 g/mol. The van der Waals surface area contributed by atoms with E-state index < -0.39 is 4.92 Å². The Morgan fingerprint density at radius 3 is 2.79 bits per heavy atom. The minimum absolute atomic E-state index is 0.0533. The molecule has 0 aliphatic heterocycles. The Labute approximate surface area is 139 Å². The molecule has 0 unspecified atom stereocenters. The van der Waals surface area contributed by atoms with Gasteiger partial charge in [-0.15, -0.1) is 0 Å². The molecule has 122 valence electrons. The Kier molecular flexibility index (Phi) is 4.29. The van der Waals surface area contributed by atoms with Gasteiger partial charge in [0.2, 0.25) is 0 Å². The third kappa shape index (κ3) is 3.27. The van der Waals surface area contributed by atoms with E-state index in [0.717, 1.165) is 33.6 Å². The van der Waals surface area contributed by atoms with Crippen LogP contribution in [-0.2, 0) is 6.54 Å². The molecule has 0 saturated carbocycles. The highest BCUT2D eigenvalue weighted by molar-refractivity contribution is 5.93. The van der Waals surface area contributed by atoms with E-state index >= 15 is 0 Å². The van der Waals surface area contributed by atoms with Gasteiger partial charge in [0.25, 0.3) is 5.69 Å². The van der Waals surface area contributed by atoms with E-state index in [1.165, 1.54) is 6.07 Å². The number of non-ortho nitro benzene ring substituents is 1. The number of anilines is 1. The Hall–Kier alpha value is -3.15. The number of aromatic nitrogens is 1. The van der Waals surface area contributed by atoms with Gasteiger partial charge in [0, 0.05) is 35.4 Å². The summed E-state index contributed by atoms with van der Waals surface area (Å²) in [5, 5.41) is 15.1. The first-order chi connectivity index (χ1) is 11.6. The quantitative estimate of drug-likeness (QED) is 0.565. The second kappa shape index (κ2) is 6.54. The lowest BCUT2D eigenvalue weighted by molar-refractivity contribution is -0.384. The SMILES string of the molecule is COc1cccc(CNc2cc(C)nc3ccc([N+](=O)[O-])cc23)c1. The Balaban J connectivity index is 1.95. The van der Waals surface area contributed by atoms with E-state index in [4.69, 9.17) is 4.74 Å². The summed E-state index contributed by atoms with van der Waals surface area (Å²) in [6.45, 7) is 2.48. The van der Waals surface area contributed by atoms with Crippen molar-refractivity contribution in [1.29, 1.82) is 0 Å². The van der Waals surface area contributed by atoms with Crippen LogP contribution in [0.15, 0.2) is 48.5 Å². The number of rotatable bonds is 5. The van der Waals surface area contributed by atoms with E-state index in [0.29, 0.717) is 6.54 Å². The minimum atomic E-state index is -0.398. The highest BCUT2D eigenvalue weighted by atomic mass is 16.6. The Morgan fingerprint density at radius 2 is 2.04 bits per heavy atom. The van der Waals surface area contributed by atoms with Gasteiger partial charge in [-0.3, -0.25) is 15.1 Å². The van der Waals surface area contributed by atoms with Crippen molar-refractivity contribution in [2.45, 2.75) is 13.5 Å². The third-order valence-corrected chi connectivity index (χ3v) is 3.75. The molecule has 6 nitrogen and oxygen atoms in total. The van der Waals surface area contributed by atoms with Crippen molar-refractivity contribution in [3.63, 3.8) is 0 Å². The zero-order chi connectivity index (χ0) is 17.1. The van der Waals surface area contributed by atoms with Crippen LogP contribution in [0.1, 0.15) is 11.3 Å². The number of fused-ring (bicyclic) bond motifs is 1. The maximum Gasteiger partial charge on any atom is 0.270 e. The lowest BCUT2D eigenvalue weighted by Crippen LogP contribution is -2.02. The molecule has 0 spiro atoms. The molecule has 2 aromatic carbocycles. The number of methoxy groups -OCH3 is 1. The summed E-state index contributed by atoms with van der Waals surface area (Å²) >= 11 is 0. The van der Waals surface area contributed by atoms with E-state index in [-0.39, 0.29) is 5.69 Å². The first kappa shape index (κ1) is 15.7. The minimum Gasteiger partial charge on any atom is -0.497 e. The number of aryl methyl sites for hydroxylation is 1. The van der Waals surface area contributed by atoms with Gasteiger partial charge in [0.1, 0.15) is 5.75 Å². The molecule has 0 aliphatic carbocycles. The predicted molar refractivity (Wildman–Crippen MR) is 93.5 cm³/mol. The van der Waals surface area contributed by atoms with E-state index in [2.05, 4.69) is 10.3 Å². The van der Waals surface area contributed by atoms with Gasteiger partial charge >= 0.3 is 0 Å². The maximum absolute atomic E-state index is 11.0. The van der Waals surface area contributed by atoms with E-state index in [9.17, 15) is 10.1 Å².